The van der Waals surface area contributed by atoms with Gasteiger partial charge in [0.1, 0.15) is 17.2 Å². The third-order valence-corrected chi connectivity index (χ3v) is 3.05. The maximum Gasteiger partial charge on any atom is 0.150 e. The molecule has 2 aromatic carbocycles. The van der Waals surface area contributed by atoms with Crippen molar-refractivity contribution in [2.75, 3.05) is 13.7 Å². The third kappa shape index (κ3) is 3.65. The number of halogens is 1. The Morgan fingerprint density at radius 1 is 1.10 bits per heavy atom. The summed E-state index contributed by atoms with van der Waals surface area (Å²) in [5, 5.41) is 3.70. The molecule has 2 aromatic rings. The van der Waals surface area contributed by atoms with Gasteiger partial charge in [-0.25, -0.2) is 0 Å². The maximum atomic E-state index is 6.23. The van der Waals surface area contributed by atoms with E-state index in [1.54, 1.807) is 0 Å². The molecule has 0 amide bonds. The number of nitrogens with one attached hydrogen (secondary N) is 1. The van der Waals surface area contributed by atoms with E-state index >= 15 is 0 Å². The smallest absolute Gasteiger partial charge is 0.150 e. The summed E-state index contributed by atoms with van der Waals surface area (Å²) in [5.74, 6) is 2.17. The second-order valence-electron chi connectivity index (χ2n) is 4.27. The molecular formula is C16H18ClNO2. The fourth-order valence-corrected chi connectivity index (χ4v) is 2.14. The van der Waals surface area contributed by atoms with Crippen molar-refractivity contribution in [1.29, 1.82) is 0 Å². The van der Waals surface area contributed by atoms with Crippen molar-refractivity contribution in [2.45, 2.75) is 13.5 Å². The van der Waals surface area contributed by atoms with Gasteiger partial charge in [0.25, 0.3) is 0 Å². The van der Waals surface area contributed by atoms with Crippen LogP contribution >= 0.6 is 11.6 Å². The van der Waals surface area contributed by atoms with Gasteiger partial charge in [-0.3, -0.25) is 0 Å². The quantitative estimate of drug-likeness (QED) is 0.863. The molecule has 3 nitrogen and oxygen atoms in total. The van der Waals surface area contributed by atoms with Crippen molar-refractivity contribution in [1.82, 2.24) is 5.32 Å². The number of benzene rings is 2. The lowest BCUT2D eigenvalue weighted by atomic mass is 10.2. The van der Waals surface area contributed by atoms with Gasteiger partial charge in [-0.1, -0.05) is 29.8 Å². The van der Waals surface area contributed by atoms with E-state index in [9.17, 15) is 0 Å². The standard InChI is InChI=1S/C16H18ClNO2/c1-3-19-13-7-5-8-14(10-13)20-16-12(11-18-2)6-4-9-15(16)17/h4-10,18H,3,11H2,1-2H3. The molecule has 0 heterocycles. The zero-order valence-corrected chi connectivity index (χ0v) is 12.4. The van der Waals surface area contributed by atoms with Gasteiger partial charge in [-0.15, -0.1) is 0 Å². The van der Waals surface area contributed by atoms with Gasteiger partial charge in [0, 0.05) is 18.2 Å². The average molecular weight is 292 g/mol. The van der Waals surface area contributed by atoms with Gasteiger partial charge in [0.05, 0.1) is 11.6 Å². The van der Waals surface area contributed by atoms with Crippen LogP contribution in [-0.2, 0) is 6.54 Å². The first-order chi connectivity index (χ1) is 9.74. The van der Waals surface area contributed by atoms with E-state index in [4.69, 9.17) is 21.1 Å². The lowest BCUT2D eigenvalue weighted by molar-refractivity contribution is 0.338. The molecule has 0 fully saturated rings. The van der Waals surface area contributed by atoms with E-state index in [1.165, 1.54) is 0 Å². The highest BCUT2D eigenvalue weighted by Gasteiger charge is 2.09. The summed E-state index contributed by atoms with van der Waals surface area (Å²) in [5.41, 5.74) is 1.02. The molecule has 0 bridgehead atoms. The Labute approximate surface area is 124 Å². The number of ether oxygens (including phenoxy) is 2. The molecule has 0 aromatic heterocycles. The Kier molecular flexibility index (Phi) is 5.27. The predicted octanol–water partition coefficient (Wildman–Crippen LogP) is 4.25. The van der Waals surface area contributed by atoms with E-state index in [0.717, 1.165) is 11.3 Å². The number of para-hydroxylation sites is 1. The zero-order valence-electron chi connectivity index (χ0n) is 11.7. The van der Waals surface area contributed by atoms with Crippen LogP contribution in [0.15, 0.2) is 42.5 Å². The van der Waals surface area contributed by atoms with Gasteiger partial charge in [-0.05, 0) is 32.2 Å². The van der Waals surface area contributed by atoms with Crippen LogP contribution in [0.1, 0.15) is 12.5 Å². The third-order valence-electron chi connectivity index (χ3n) is 2.75. The molecule has 4 heteroatoms. The van der Waals surface area contributed by atoms with Crippen LogP contribution in [0.5, 0.6) is 17.2 Å². The van der Waals surface area contributed by atoms with Crippen molar-refractivity contribution >= 4 is 11.6 Å². The highest BCUT2D eigenvalue weighted by Crippen LogP contribution is 2.34. The van der Waals surface area contributed by atoms with Gasteiger partial charge >= 0.3 is 0 Å². The zero-order chi connectivity index (χ0) is 14.4. The highest BCUT2D eigenvalue weighted by molar-refractivity contribution is 6.32. The molecule has 2 rings (SSSR count). The topological polar surface area (TPSA) is 30.5 Å². The molecular weight excluding hydrogens is 274 g/mol. The second-order valence-corrected chi connectivity index (χ2v) is 4.68. The maximum absolute atomic E-state index is 6.23. The monoisotopic (exact) mass is 291 g/mol. The molecule has 0 aliphatic rings. The SMILES string of the molecule is CCOc1cccc(Oc2c(Cl)cccc2CNC)c1. The van der Waals surface area contributed by atoms with Crippen LogP contribution in [0.3, 0.4) is 0 Å². The fraction of sp³-hybridized carbons (Fsp3) is 0.250. The van der Waals surface area contributed by atoms with Crippen LogP contribution < -0.4 is 14.8 Å². The van der Waals surface area contributed by atoms with Gasteiger partial charge in [0.15, 0.2) is 0 Å². The number of hydrogen-bond acceptors (Lipinski definition) is 3. The van der Waals surface area contributed by atoms with Crippen LogP contribution in [-0.4, -0.2) is 13.7 Å². The van der Waals surface area contributed by atoms with Crippen LogP contribution in [0.2, 0.25) is 5.02 Å². The summed E-state index contributed by atoms with van der Waals surface area (Å²) in [6.07, 6.45) is 0. The lowest BCUT2D eigenvalue weighted by Crippen LogP contribution is -2.06. The fourth-order valence-electron chi connectivity index (χ4n) is 1.91. The summed E-state index contributed by atoms with van der Waals surface area (Å²) in [4.78, 5) is 0. The van der Waals surface area contributed by atoms with Crippen molar-refractivity contribution in [3.63, 3.8) is 0 Å². The molecule has 106 valence electrons. The summed E-state index contributed by atoms with van der Waals surface area (Å²) < 4.78 is 11.4. The van der Waals surface area contributed by atoms with E-state index in [0.29, 0.717) is 29.7 Å². The largest absolute Gasteiger partial charge is 0.494 e. The Hall–Kier alpha value is -1.71. The molecule has 20 heavy (non-hydrogen) atoms. The van der Waals surface area contributed by atoms with Crippen LogP contribution in [0.25, 0.3) is 0 Å². The van der Waals surface area contributed by atoms with Crippen molar-refractivity contribution in [3.8, 4) is 17.2 Å². The Balaban J connectivity index is 2.27. The molecule has 0 spiro atoms. The van der Waals surface area contributed by atoms with Crippen molar-refractivity contribution < 1.29 is 9.47 Å². The number of hydrogen-bond donors (Lipinski definition) is 1. The number of rotatable bonds is 6. The second kappa shape index (κ2) is 7.17. The van der Waals surface area contributed by atoms with Crippen LogP contribution in [0, 0.1) is 0 Å². The van der Waals surface area contributed by atoms with Crippen LogP contribution in [0.4, 0.5) is 0 Å². The molecule has 0 atom stereocenters. The lowest BCUT2D eigenvalue weighted by Gasteiger charge is -2.13. The summed E-state index contributed by atoms with van der Waals surface area (Å²) in [7, 11) is 1.89. The molecule has 0 saturated heterocycles. The summed E-state index contributed by atoms with van der Waals surface area (Å²) in [6.45, 7) is 3.27. The Morgan fingerprint density at radius 3 is 2.60 bits per heavy atom. The normalized spacial score (nSPS) is 10.3. The Bertz CT molecular complexity index is 572. The first-order valence-corrected chi connectivity index (χ1v) is 6.95. The molecule has 1 N–H and O–H groups in total. The van der Waals surface area contributed by atoms with Crippen molar-refractivity contribution in [3.05, 3.63) is 53.1 Å². The van der Waals surface area contributed by atoms with Crippen molar-refractivity contribution in [2.24, 2.45) is 0 Å². The molecule has 0 unspecified atom stereocenters. The minimum Gasteiger partial charge on any atom is -0.494 e. The average Bonchev–Trinajstić information content (AvgIpc) is 2.44. The van der Waals surface area contributed by atoms with E-state index in [1.807, 2.05) is 56.4 Å². The Morgan fingerprint density at radius 2 is 1.85 bits per heavy atom. The summed E-state index contributed by atoms with van der Waals surface area (Å²) >= 11 is 6.23. The van der Waals surface area contributed by atoms with E-state index < -0.39 is 0 Å². The predicted molar refractivity (Wildman–Crippen MR) is 81.9 cm³/mol. The highest BCUT2D eigenvalue weighted by atomic mass is 35.5. The molecule has 0 aliphatic carbocycles. The molecule has 0 saturated carbocycles. The first kappa shape index (κ1) is 14.7. The minimum atomic E-state index is 0.597. The summed E-state index contributed by atoms with van der Waals surface area (Å²) in [6, 6.07) is 13.3. The van der Waals surface area contributed by atoms with Gasteiger partial charge in [0.2, 0.25) is 0 Å². The molecule has 0 aliphatic heterocycles. The van der Waals surface area contributed by atoms with E-state index in [-0.39, 0.29) is 0 Å². The molecule has 0 radical (unpaired) electrons. The minimum absolute atomic E-state index is 0.597. The first-order valence-electron chi connectivity index (χ1n) is 6.57. The van der Waals surface area contributed by atoms with E-state index in [2.05, 4.69) is 5.32 Å². The van der Waals surface area contributed by atoms with Gasteiger partial charge < -0.3 is 14.8 Å². The van der Waals surface area contributed by atoms with Gasteiger partial charge in [-0.2, -0.15) is 0 Å².